The maximum atomic E-state index is 4.85. The third kappa shape index (κ3) is 2.57. The molecule has 2 aromatic carbocycles. The summed E-state index contributed by atoms with van der Waals surface area (Å²) in [5.74, 6) is 0. The van der Waals surface area contributed by atoms with Crippen LogP contribution in [0, 0.1) is 0 Å². The molecule has 1 aromatic heterocycles. The quantitative estimate of drug-likeness (QED) is 0.748. The number of hydrogen-bond donors (Lipinski definition) is 1. The largest absolute Gasteiger partial charge is 0.345 e. The second kappa shape index (κ2) is 5.34. The summed E-state index contributed by atoms with van der Waals surface area (Å²) >= 11 is 1.78. The van der Waals surface area contributed by atoms with Crippen molar-refractivity contribution in [2.75, 3.05) is 5.32 Å². The minimum Gasteiger partial charge on any atom is -0.345 e. The minimum absolute atomic E-state index is 0.918. The second-order valence-electron chi connectivity index (χ2n) is 5.33. The lowest BCUT2D eigenvalue weighted by atomic mass is 10.1. The van der Waals surface area contributed by atoms with Crippen molar-refractivity contribution >= 4 is 22.0 Å². The average Bonchev–Trinajstić information content (AvgIpc) is 2.80. The first-order chi connectivity index (χ1) is 10.4. The fraction of sp³-hybridized carbons (Fsp3) is 0.167. The Bertz CT molecular complexity index is 762. The molecule has 1 aliphatic rings. The van der Waals surface area contributed by atoms with Crippen molar-refractivity contribution in [2.24, 2.45) is 0 Å². The summed E-state index contributed by atoms with van der Waals surface area (Å²) in [5.41, 5.74) is 5.14. The Morgan fingerprint density at radius 3 is 2.67 bits per heavy atom. The summed E-state index contributed by atoms with van der Waals surface area (Å²) < 4.78 is 0. The zero-order chi connectivity index (χ0) is 14.1. The molecule has 0 radical (unpaired) electrons. The van der Waals surface area contributed by atoms with Crippen LogP contribution in [0.1, 0.15) is 21.8 Å². The third-order valence-corrected chi connectivity index (χ3v) is 4.85. The number of thiazole rings is 1. The molecule has 0 bridgehead atoms. The van der Waals surface area contributed by atoms with E-state index in [2.05, 4.69) is 59.9 Å². The van der Waals surface area contributed by atoms with Crippen LogP contribution in [0.15, 0.2) is 54.6 Å². The summed E-state index contributed by atoms with van der Waals surface area (Å²) in [4.78, 5) is 4.85. The van der Waals surface area contributed by atoms with Crippen LogP contribution in [0.5, 0.6) is 0 Å². The summed E-state index contributed by atoms with van der Waals surface area (Å²) in [6.45, 7) is 0. The van der Waals surface area contributed by atoms with Crippen molar-refractivity contribution in [2.45, 2.75) is 19.3 Å². The molecule has 3 aromatic rings. The Kier molecular flexibility index (Phi) is 3.20. The highest BCUT2D eigenvalue weighted by atomic mass is 32.1. The normalized spacial score (nSPS) is 13.0. The van der Waals surface area contributed by atoms with Crippen molar-refractivity contribution < 1.29 is 0 Å². The van der Waals surface area contributed by atoms with Crippen molar-refractivity contribution in [1.82, 2.24) is 4.98 Å². The number of benzene rings is 2. The number of anilines is 2. The molecular weight excluding hydrogens is 276 g/mol. The van der Waals surface area contributed by atoms with E-state index in [1.165, 1.54) is 32.5 Å². The van der Waals surface area contributed by atoms with E-state index in [9.17, 15) is 0 Å². The van der Waals surface area contributed by atoms with E-state index in [-0.39, 0.29) is 0 Å². The maximum Gasteiger partial charge on any atom is 0.116 e. The summed E-state index contributed by atoms with van der Waals surface area (Å²) in [5, 5.41) is 5.97. The Morgan fingerprint density at radius 1 is 0.952 bits per heavy atom. The number of aromatic nitrogens is 1. The molecule has 4 rings (SSSR count). The van der Waals surface area contributed by atoms with Gasteiger partial charge in [0, 0.05) is 12.1 Å². The molecule has 3 heteroatoms. The van der Waals surface area contributed by atoms with E-state index < -0.39 is 0 Å². The standard InChI is InChI=1S/C18H16N2S/c1-2-6-13(7-3-1)12-17-19-16-11-10-14-8-4-5-9-15(14)20-18(16)21-17/h1-9,20H,10-12H2. The van der Waals surface area contributed by atoms with Gasteiger partial charge in [-0.25, -0.2) is 4.98 Å². The molecule has 0 unspecified atom stereocenters. The lowest BCUT2D eigenvalue weighted by Gasteiger charge is -2.05. The molecule has 0 aliphatic carbocycles. The van der Waals surface area contributed by atoms with Gasteiger partial charge in [-0.05, 0) is 30.0 Å². The van der Waals surface area contributed by atoms with Gasteiger partial charge in [-0.3, -0.25) is 0 Å². The van der Waals surface area contributed by atoms with Crippen LogP contribution in [-0.4, -0.2) is 4.98 Å². The van der Waals surface area contributed by atoms with Crippen molar-refractivity contribution in [3.8, 4) is 0 Å². The topological polar surface area (TPSA) is 24.9 Å². The van der Waals surface area contributed by atoms with Crippen molar-refractivity contribution in [3.05, 3.63) is 76.4 Å². The van der Waals surface area contributed by atoms with Gasteiger partial charge < -0.3 is 5.32 Å². The van der Waals surface area contributed by atoms with Gasteiger partial charge in [0.15, 0.2) is 0 Å². The monoisotopic (exact) mass is 292 g/mol. The Balaban J connectivity index is 1.63. The molecule has 1 aliphatic heterocycles. The Morgan fingerprint density at radius 2 is 1.76 bits per heavy atom. The molecule has 2 nitrogen and oxygen atoms in total. The number of fused-ring (bicyclic) bond motifs is 2. The molecule has 0 fully saturated rings. The van der Waals surface area contributed by atoms with Gasteiger partial charge in [-0.1, -0.05) is 48.5 Å². The molecular formula is C18H16N2S. The van der Waals surface area contributed by atoms with Crippen LogP contribution < -0.4 is 5.32 Å². The fourth-order valence-corrected chi connectivity index (χ4v) is 3.81. The molecule has 0 spiro atoms. The number of nitrogens with one attached hydrogen (secondary N) is 1. The van der Waals surface area contributed by atoms with Gasteiger partial charge in [-0.2, -0.15) is 0 Å². The van der Waals surface area contributed by atoms with E-state index in [1.807, 2.05) is 0 Å². The van der Waals surface area contributed by atoms with Gasteiger partial charge >= 0.3 is 0 Å². The van der Waals surface area contributed by atoms with Gasteiger partial charge in [0.1, 0.15) is 5.00 Å². The van der Waals surface area contributed by atoms with Gasteiger partial charge in [0.25, 0.3) is 0 Å². The summed E-state index contributed by atoms with van der Waals surface area (Å²) in [7, 11) is 0. The molecule has 2 heterocycles. The van der Waals surface area contributed by atoms with E-state index in [0.717, 1.165) is 19.3 Å². The van der Waals surface area contributed by atoms with Gasteiger partial charge in [0.2, 0.25) is 0 Å². The predicted octanol–water partition coefficient (Wildman–Crippen LogP) is 4.58. The third-order valence-electron chi connectivity index (χ3n) is 3.84. The van der Waals surface area contributed by atoms with Gasteiger partial charge in [-0.15, -0.1) is 11.3 Å². The van der Waals surface area contributed by atoms with Crippen LogP contribution in [0.4, 0.5) is 10.7 Å². The zero-order valence-corrected chi connectivity index (χ0v) is 12.5. The first kappa shape index (κ1) is 12.6. The summed E-state index contributed by atoms with van der Waals surface area (Å²) in [6.07, 6.45) is 3.00. The minimum atomic E-state index is 0.918. The van der Waals surface area contributed by atoms with Crippen LogP contribution in [0.2, 0.25) is 0 Å². The molecule has 1 N–H and O–H groups in total. The maximum absolute atomic E-state index is 4.85. The number of para-hydroxylation sites is 1. The van der Waals surface area contributed by atoms with Crippen molar-refractivity contribution in [1.29, 1.82) is 0 Å². The highest BCUT2D eigenvalue weighted by molar-refractivity contribution is 7.16. The number of aryl methyl sites for hydroxylation is 2. The number of nitrogens with zero attached hydrogens (tertiary/aromatic N) is 1. The fourth-order valence-electron chi connectivity index (χ4n) is 2.75. The molecule has 0 saturated heterocycles. The van der Waals surface area contributed by atoms with Crippen molar-refractivity contribution in [3.63, 3.8) is 0 Å². The smallest absolute Gasteiger partial charge is 0.116 e. The first-order valence-corrected chi connectivity index (χ1v) is 8.07. The second-order valence-corrected chi connectivity index (χ2v) is 6.41. The molecule has 0 atom stereocenters. The van der Waals surface area contributed by atoms with E-state index in [4.69, 9.17) is 4.98 Å². The first-order valence-electron chi connectivity index (χ1n) is 7.26. The van der Waals surface area contributed by atoms with Crippen LogP contribution in [-0.2, 0) is 19.3 Å². The molecule has 0 amide bonds. The molecule has 21 heavy (non-hydrogen) atoms. The highest BCUT2D eigenvalue weighted by Gasteiger charge is 2.17. The summed E-state index contributed by atoms with van der Waals surface area (Å²) in [6, 6.07) is 19.1. The number of hydrogen-bond acceptors (Lipinski definition) is 3. The van der Waals surface area contributed by atoms with Crippen LogP contribution >= 0.6 is 11.3 Å². The number of rotatable bonds is 2. The lowest BCUT2D eigenvalue weighted by molar-refractivity contribution is 0.926. The van der Waals surface area contributed by atoms with E-state index >= 15 is 0 Å². The predicted molar refractivity (Wildman–Crippen MR) is 88.5 cm³/mol. The van der Waals surface area contributed by atoms with E-state index in [1.54, 1.807) is 11.3 Å². The zero-order valence-electron chi connectivity index (χ0n) is 11.7. The van der Waals surface area contributed by atoms with Crippen LogP contribution in [0.25, 0.3) is 0 Å². The lowest BCUT2D eigenvalue weighted by Crippen LogP contribution is -1.92. The molecule has 104 valence electrons. The average molecular weight is 292 g/mol. The van der Waals surface area contributed by atoms with Crippen LogP contribution in [0.3, 0.4) is 0 Å². The van der Waals surface area contributed by atoms with Gasteiger partial charge in [0.05, 0.1) is 10.7 Å². The Hall–Kier alpha value is -2.13. The molecule has 0 saturated carbocycles. The Labute approximate surface area is 128 Å². The van der Waals surface area contributed by atoms with E-state index in [0.29, 0.717) is 0 Å². The highest BCUT2D eigenvalue weighted by Crippen LogP contribution is 2.34. The SMILES string of the molecule is c1ccc(Cc2nc3c(s2)Nc2ccccc2CC3)cc1.